The average molecular weight is 196 g/mol. The second-order valence-electron chi connectivity index (χ2n) is 4.24. The van der Waals surface area contributed by atoms with E-state index < -0.39 is 0 Å². The van der Waals surface area contributed by atoms with Crippen LogP contribution in [0.1, 0.15) is 32.7 Å². The molecule has 1 aliphatic carbocycles. The number of H-pyrrole nitrogens is 1. The number of rotatable bonds is 3. The van der Waals surface area contributed by atoms with E-state index in [4.69, 9.17) is 12.2 Å². The average Bonchev–Trinajstić information content (AvgIpc) is 2.78. The first-order chi connectivity index (χ1) is 6.20. The standard InChI is InChI=1S/C10H16N2S/c1-7(2)9(8-3-4-8)12-6-5-11-10(12)13/h5-9H,3-4H2,1-2H3,(H,11,13). The number of imidazole rings is 1. The van der Waals surface area contributed by atoms with Crippen molar-refractivity contribution in [2.24, 2.45) is 11.8 Å². The quantitative estimate of drug-likeness (QED) is 0.736. The Hall–Kier alpha value is -0.570. The number of aromatic amines is 1. The van der Waals surface area contributed by atoms with Crippen LogP contribution >= 0.6 is 12.2 Å². The lowest BCUT2D eigenvalue weighted by Crippen LogP contribution is -2.16. The third kappa shape index (κ3) is 1.70. The number of nitrogens with one attached hydrogen (secondary N) is 1. The minimum atomic E-state index is 0.610. The molecule has 0 amide bonds. The van der Waals surface area contributed by atoms with Crippen molar-refractivity contribution in [1.29, 1.82) is 0 Å². The summed E-state index contributed by atoms with van der Waals surface area (Å²) in [6.07, 6.45) is 6.75. The first kappa shape index (κ1) is 9.00. The van der Waals surface area contributed by atoms with Crippen LogP contribution in [0.4, 0.5) is 0 Å². The maximum Gasteiger partial charge on any atom is 0.177 e. The zero-order valence-corrected chi connectivity index (χ0v) is 8.97. The van der Waals surface area contributed by atoms with Gasteiger partial charge >= 0.3 is 0 Å². The van der Waals surface area contributed by atoms with Crippen LogP contribution < -0.4 is 0 Å². The molecule has 1 N–H and O–H groups in total. The minimum Gasteiger partial charge on any atom is -0.337 e. The molecule has 2 rings (SSSR count). The second-order valence-corrected chi connectivity index (χ2v) is 4.63. The van der Waals surface area contributed by atoms with Gasteiger partial charge in [-0.1, -0.05) is 13.8 Å². The predicted octanol–water partition coefficient (Wildman–Crippen LogP) is 3.15. The van der Waals surface area contributed by atoms with Crippen LogP contribution in [0, 0.1) is 16.6 Å². The molecule has 1 aliphatic rings. The Kier molecular flexibility index (Phi) is 2.28. The van der Waals surface area contributed by atoms with E-state index in [-0.39, 0.29) is 0 Å². The molecule has 0 saturated heterocycles. The molecule has 0 aromatic carbocycles. The van der Waals surface area contributed by atoms with E-state index in [9.17, 15) is 0 Å². The Bertz CT molecular complexity index is 331. The van der Waals surface area contributed by atoms with E-state index in [1.165, 1.54) is 12.8 Å². The minimum absolute atomic E-state index is 0.610. The van der Waals surface area contributed by atoms with Crippen molar-refractivity contribution in [3.05, 3.63) is 17.2 Å². The van der Waals surface area contributed by atoms with Gasteiger partial charge < -0.3 is 9.55 Å². The normalized spacial score (nSPS) is 19.3. The van der Waals surface area contributed by atoms with E-state index >= 15 is 0 Å². The van der Waals surface area contributed by atoms with Crippen molar-refractivity contribution in [3.8, 4) is 0 Å². The van der Waals surface area contributed by atoms with Gasteiger partial charge in [0.2, 0.25) is 0 Å². The molecule has 1 atom stereocenters. The summed E-state index contributed by atoms with van der Waals surface area (Å²) in [6, 6.07) is 0.610. The zero-order chi connectivity index (χ0) is 9.42. The molecule has 1 aromatic rings. The van der Waals surface area contributed by atoms with Crippen LogP contribution in [0.2, 0.25) is 0 Å². The maximum atomic E-state index is 5.24. The summed E-state index contributed by atoms with van der Waals surface area (Å²) in [5.74, 6) is 1.54. The lowest BCUT2D eigenvalue weighted by molar-refractivity contribution is 0.332. The lowest BCUT2D eigenvalue weighted by atomic mass is 9.99. The highest BCUT2D eigenvalue weighted by Gasteiger charge is 2.34. The fourth-order valence-corrected chi connectivity index (χ4v) is 2.35. The Morgan fingerprint density at radius 2 is 2.23 bits per heavy atom. The Balaban J connectivity index is 2.30. The summed E-state index contributed by atoms with van der Waals surface area (Å²) in [6.45, 7) is 4.55. The van der Waals surface area contributed by atoms with Crippen molar-refractivity contribution >= 4 is 12.2 Å². The van der Waals surface area contributed by atoms with Gasteiger partial charge in [-0.3, -0.25) is 0 Å². The Morgan fingerprint density at radius 1 is 1.54 bits per heavy atom. The lowest BCUT2D eigenvalue weighted by Gasteiger charge is -2.21. The van der Waals surface area contributed by atoms with Gasteiger partial charge in [-0.25, -0.2) is 0 Å². The van der Waals surface area contributed by atoms with Gasteiger partial charge in [0.15, 0.2) is 4.77 Å². The summed E-state index contributed by atoms with van der Waals surface area (Å²) in [7, 11) is 0. The van der Waals surface area contributed by atoms with Gasteiger partial charge in [0.1, 0.15) is 0 Å². The molecular formula is C10H16N2S. The molecular weight excluding hydrogens is 180 g/mol. The fourth-order valence-electron chi connectivity index (χ4n) is 2.10. The van der Waals surface area contributed by atoms with Gasteiger partial charge in [-0.2, -0.15) is 0 Å². The molecule has 0 bridgehead atoms. The SMILES string of the molecule is CC(C)C(C1CC1)n1cc[nH]c1=S. The van der Waals surface area contributed by atoms with E-state index in [1.807, 2.05) is 6.20 Å². The van der Waals surface area contributed by atoms with Crippen LogP contribution in [0.25, 0.3) is 0 Å². The third-order valence-corrected chi connectivity index (χ3v) is 3.11. The maximum absolute atomic E-state index is 5.24. The van der Waals surface area contributed by atoms with Crippen molar-refractivity contribution in [1.82, 2.24) is 9.55 Å². The highest BCUT2D eigenvalue weighted by atomic mass is 32.1. The molecule has 72 valence electrons. The largest absolute Gasteiger partial charge is 0.337 e. The van der Waals surface area contributed by atoms with Gasteiger partial charge in [0.05, 0.1) is 0 Å². The van der Waals surface area contributed by atoms with Crippen molar-refractivity contribution in [2.45, 2.75) is 32.7 Å². The number of hydrogen-bond donors (Lipinski definition) is 1. The van der Waals surface area contributed by atoms with Gasteiger partial charge in [-0.05, 0) is 36.9 Å². The van der Waals surface area contributed by atoms with Gasteiger partial charge in [0.25, 0.3) is 0 Å². The molecule has 3 heteroatoms. The molecule has 1 heterocycles. The van der Waals surface area contributed by atoms with Crippen LogP contribution in [-0.4, -0.2) is 9.55 Å². The van der Waals surface area contributed by atoms with Crippen LogP contribution in [0.5, 0.6) is 0 Å². The van der Waals surface area contributed by atoms with E-state index in [1.54, 1.807) is 0 Å². The molecule has 1 aromatic heterocycles. The molecule has 0 radical (unpaired) electrons. The fraction of sp³-hybridized carbons (Fsp3) is 0.700. The molecule has 1 saturated carbocycles. The molecule has 1 unspecified atom stereocenters. The van der Waals surface area contributed by atoms with E-state index in [0.717, 1.165) is 10.7 Å². The second kappa shape index (κ2) is 3.29. The summed E-state index contributed by atoms with van der Waals surface area (Å²) >= 11 is 5.24. The highest BCUT2D eigenvalue weighted by Crippen LogP contribution is 2.43. The molecule has 13 heavy (non-hydrogen) atoms. The van der Waals surface area contributed by atoms with Crippen molar-refractivity contribution in [3.63, 3.8) is 0 Å². The highest BCUT2D eigenvalue weighted by molar-refractivity contribution is 7.71. The summed E-state index contributed by atoms with van der Waals surface area (Å²) in [5, 5.41) is 0. The summed E-state index contributed by atoms with van der Waals surface area (Å²) in [4.78, 5) is 3.06. The van der Waals surface area contributed by atoms with Crippen LogP contribution in [0.15, 0.2) is 12.4 Å². The Morgan fingerprint density at radius 3 is 2.62 bits per heavy atom. The number of nitrogens with zero attached hydrogens (tertiary/aromatic N) is 1. The van der Waals surface area contributed by atoms with Crippen molar-refractivity contribution < 1.29 is 0 Å². The van der Waals surface area contributed by atoms with Gasteiger partial charge in [-0.15, -0.1) is 0 Å². The van der Waals surface area contributed by atoms with Crippen molar-refractivity contribution in [2.75, 3.05) is 0 Å². The first-order valence-electron chi connectivity index (χ1n) is 4.95. The molecule has 2 nitrogen and oxygen atoms in total. The van der Waals surface area contributed by atoms with E-state index in [2.05, 4.69) is 29.6 Å². The summed E-state index contributed by atoms with van der Waals surface area (Å²) in [5.41, 5.74) is 0. The Labute approximate surface area is 84.0 Å². The predicted molar refractivity (Wildman–Crippen MR) is 56.2 cm³/mol. The van der Waals surface area contributed by atoms with Crippen LogP contribution in [-0.2, 0) is 0 Å². The molecule has 0 spiro atoms. The number of hydrogen-bond acceptors (Lipinski definition) is 1. The number of aromatic nitrogens is 2. The molecule has 1 fully saturated rings. The third-order valence-electron chi connectivity index (χ3n) is 2.79. The monoisotopic (exact) mass is 196 g/mol. The first-order valence-corrected chi connectivity index (χ1v) is 5.36. The smallest absolute Gasteiger partial charge is 0.177 e. The van der Waals surface area contributed by atoms with E-state index in [0.29, 0.717) is 12.0 Å². The zero-order valence-electron chi connectivity index (χ0n) is 8.16. The molecule has 0 aliphatic heterocycles. The van der Waals surface area contributed by atoms with Gasteiger partial charge in [0, 0.05) is 18.4 Å². The summed E-state index contributed by atoms with van der Waals surface area (Å²) < 4.78 is 3.09. The topological polar surface area (TPSA) is 20.7 Å². The van der Waals surface area contributed by atoms with Crippen LogP contribution in [0.3, 0.4) is 0 Å².